The molecule has 0 aliphatic carbocycles. The Morgan fingerprint density at radius 1 is 0.625 bits per heavy atom. The normalized spacial score (nSPS) is 11.4. The minimum atomic E-state index is -1.54. The van der Waals surface area contributed by atoms with Gasteiger partial charge in [0.05, 0.1) is 11.0 Å². The third-order valence-corrected chi connectivity index (χ3v) is 5.99. The Balaban J connectivity index is 1.83. The summed E-state index contributed by atoms with van der Waals surface area (Å²) in [5, 5.41) is 24.0. The van der Waals surface area contributed by atoms with Gasteiger partial charge in [0.1, 0.15) is 5.82 Å². The first-order chi connectivity index (χ1) is 15.7. The molecule has 0 saturated carbocycles. The van der Waals surface area contributed by atoms with Gasteiger partial charge in [0.2, 0.25) is 0 Å². The zero-order chi connectivity index (χ0) is 21.7. The SMILES string of the molecule is OB(O)c1cccc(-c2nc3c4ccccc4c4ccccc4c3n2-c2ccccc2)c1. The van der Waals surface area contributed by atoms with Gasteiger partial charge >= 0.3 is 7.12 Å². The fourth-order valence-corrected chi connectivity index (χ4v) is 4.57. The Morgan fingerprint density at radius 3 is 1.97 bits per heavy atom. The standard InChI is InChI=1S/C27H19BN2O2/c31-28(32)19-10-8-9-18(17-19)27-29-25-23-15-6-4-13-21(23)22-14-5-7-16-24(22)26(25)30(27)20-11-2-1-3-12-20/h1-17,31-32H. The first kappa shape index (κ1) is 18.8. The van der Waals surface area contributed by atoms with Crippen molar-refractivity contribution in [3.05, 3.63) is 103 Å². The van der Waals surface area contributed by atoms with E-state index in [0.29, 0.717) is 5.46 Å². The van der Waals surface area contributed by atoms with Crippen molar-refractivity contribution in [1.29, 1.82) is 0 Å². The monoisotopic (exact) mass is 414 g/mol. The molecule has 0 aliphatic heterocycles. The molecule has 5 heteroatoms. The van der Waals surface area contributed by atoms with Crippen molar-refractivity contribution in [3.8, 4) is 17.1 Å². The molecule has 0 bridgehead atoms. The Morgan fingerprint density at radius 2 is 1.25 bits per heavy atom. The Bertz CT molecular complexity index is 1610. The van der Waals surface area contributed by atoms with Gasteiger partial charge in [-0.2, -0.15) is 0 Å². The van der Waals surface area contributed by atoms with Gasteiger partial charge in [-0.15, -0.1) is 0 Å². The van der Waals surface area contributed by atoms with Gasteiger partial charge in [0.25, 0.3) is 0 Å². The van der Waals surface area contributed by atoms with E-state index in [9.17, 15) is 10.0 Å². The molecule has 6 aromatic rings. The van der Waals surface area contributed by atoms with Crippen molar-refractivity contribution in [2.24, 2.45) is 0 Å². The van der Waals surface area contributed by atoms with E-state index < -0.39 is 7.12 Å². The lowest BCUT2D eigenvalue weighted by molar-refractivity contribution is 0.426. The molecule has 0 fully saturated rings. The maximum Gasteiger partial charge on any atom is 0.488 e. The molecule has 4 nitrogen and oxygen atoms in total. The van der Waals surface area contributed by atoms with Crippen LogP contribution in [-0.2, 0) is 0 Å². The van der Waals surface area contributed by atoms with Crippen LogP contribution in [0.2, 0.25) is 0 Å². The van der Waals surface area contributed by atoms with Gasteiger partial charge in [-0.05, 0) is 28.4 Å². The predicted molar refractivity (Wildman–Crippen MR) is 131 cm³/mol. The molecule has 0 saturated heterocycles. The maximum atomic E-state index is 9.73. The summed E-state index contributed by atoms with van der Waals surface area (Å²) in [6.45, 7) is 0. The Hall–Kier alpha value is -3.93. The number of fused-ring (bicyclic) bond motifs is 6. The summed E-state index contributed by atoms with van der Waals surface area (Å²) in [4.78, 5) is 5.14. The summed E-state index contributed by atoms with van der Waals surface area (Å²) in [6.07, 6.45) is 0. The van der Waals surface area contributed by atoms with E-state index in [0.717, 1.165) is 38.9 Å². The molecule has 0 unspecified atom stereocenters. The van der Waals surface area contributed by atoms with Crippen molar-refractivity contribution < 1.29 is 10.0 Å². The number of nitrogens with zero attached hydrogens (tertiary/aromatic N) is 2. The van der Waals surface area contributed by atoms with Crippen molar-refractivity contribution in [3.63, 3.8) is 0 Å². The van der Waals surface area contributed by atoms with E-state index in [-0.39, 0.29) is 0 Å². The third kappa shape index (κ3) is 2.83. The minimum Gasteiger partial charge on any atom is -0.423 e. The molecule has 0 spiro atoms. The highest BCUT2D eigenvalue weighted by atomic mass is 16.4. The number of hydrogen-bond donors (Lipinski definition) is 2. The molecule has 0 radical (unpaired) electrons. The van der Waals surface area contributed by atoms with Crippen molar-refractivity contribution in [2.75, 3.05) is 0 Å². The van der Waals surface area contributed by atoms with Gasteiger partial charge in [-0.3, -0.25) is 4.57 Å². The fraction of sp³-hybridized carbons (Fsp3) is 0. The zero-order valence-corrected chi connectivity index (χ0v) is 17.2. The van der Waals surface area contributed by atoms with E-state index in [1.165, 1.54) is 10.8 Å². The lowest BCUT2D eigenvalue weighted by atomic mass is 9.79. The summed E-state index contributed by atoms with van der Waals surface area (Å²) < 4.78 is 2.17. The molecule has 2 N–H and O–H groups in total. The molecule has 1 aromatic heterocycles. The molecule has 1 heterocycles. The maximum absolute atomic E-state index is 9.73. The molecule has 5 aromatic carbocycles. The van der Waals surface area contributed by atoms with Crippen molar-refractivity contribution in [1.82, 2.24) is 9.55 Å². The lowest BCUT2D eigenvalue weighted by Gasteiger charge is -2.12. The Labute approximate surface area is 185 Å². The van der Waals surface area contributed by atoms with Gasteiger partial charge in [-0.25, -0.2) is 4.98 Å². The molecule has 0 atom stereocenters. The summed E-state index contributed by atoms with van der Waals surface area (Å²) in [6, 6.07) is 34.2. The van der Waals surface area contributed by atoms with Gasteiger partial charge in [0, 0.05) is 22.0 Å². The second-order valence-electron chi connectivity index (χ2n) is 7.89. The third-order valence-electron chi connectivity index (χ3n) is 5.99. The average molecular weight is 414 g/mol. The number of rotatable bonds is 3. The Kier molecular flexibility index (Phi) is 4.32. The fourth-order valence-electron chi connectivity index (χ4n) is 4.57. The number of imidazole rings is 1. The number of benzene rings is 5. The first-order valence-corrected chi connectivity index (χ1v) is 10.6. The van der Waals surface area contributed by atoms with E-state index in [1.54, 1.807) is 12.1 Å². The van der Waals surface area contributed by atoms with Crippen LogP contribution >= 0.6 is 0 Å². The second kappa shape index (κ2) is 7.34. The number of para-hydroxylation sites is 1. The van der Waals surface area contributed by atoms with E-state index in [2.05, 4.69) is 59.2 Å². The second-order valence-corrected chi connectivity index (χ2v) is 7.89. The number of hydrogen-bond acceptors (Lipinski definition) is 3. The molecular formula is C27H19BN2O2. The molecular weight excluding hydrogens is 395 g/mol. The number of aromatic nitrogens is 2. The van der Waals surface area contributed by atoms with Crippen LogP contribution in [-0.4, -0.2) is 26.7 Å². The molecule has 6 rings (SSSR count). The van der Waals surface area contributed by atoms with Crippen molar-refractivity contribution in [2.45, 2.75) is 0 Å². The van der Waals surface area contributed by atoms with Crippen molar-refractivity contribution >= 4 is 45.2 Å². The van der Waals surface area contributed by atoms with Gasteiger partial charge < -0.3 is 10.0 Å². The van der Waals surface area contributed by atoms with Crippen LogP contribution in [0.25, 0.3) is 49.7 Å². The summed E-state index contributed by atoms with van der Waals surface area (Å²) in [5.41, 5.74) is 4.22. The summed E-state index contributed by atoms with van der Waals surface area (Å²) >= 11 is 0. The van der Waals surface area contributed by atoms with E-state index >= 15 is 0 Å². The van der Waals surface area contributed by atoms with Crippen LogP contribution in [0.4, 0.5) is 0 Å². The largest absolute Gasteiger partial charge is 0.488 e. The highest BCUT2D eigenvalue weighted by Crippen LogP contribution is 2.38. The summed E-state index contributed by atoms with van der Waals surface area (Å²) in [5.74, 6) is 0.759. The zero-order valence-electron chi connectivity index (χ0n) is 17.2. The van der Waals surface area contributed by atoms with Gasteiger partial charge in [-0.1, -0.05) is 91.0 Å². The minimum absolute atomic E-state index is 0.434. The van der Waals surface area contributed by atoms with Crippen LogP contribution in [0.15, 0.2) is 103 Å². The molecule has 0 amide bonds. The van der Waals surface area contributed by atoms with Crippen LogP contribution in [0.5, 0.6) is 0 Å². The average Bonchev–Trinajstić information content (AvgIpc) is 3.26. The molecule has 32 heavy (non-hydrogen) atoms. The van der Waals surface area contributed by atoms with E-state index in [1.807, 2.05) is 36.4 Å². The smallest absolute Gasteiger partial charge is 0.423 e. The van der Waals surface area contributed by atoms with Gasteiger partial charge in [0.15, 0.2) is 0 Å². The lowest BCUT2D eigenvalue weighted by Crippen LogP contribution is -2.29. The molecule has 152 valence electrons. The first-order valence-electron chi connectivity index (χ1n) is 10.6. The van der Waals surface area contributed by atoms with Crippen LogP contribution in [0.3, 0.4) is 0 Å². The van der Waals surface area contributed by atoms with Crippen LogP contribution < -0.4 is 5.46 Å². The topological polar surface area (TPSA) is 58.3 Å². The van der Waals surface area contributed by atoms with Crippen LogP contribution in [0, 0.1) is 0 Å². The van der Waals surface area contributed by atoms with Crippen LogP contribution in [0.1, 0.15) is 0 Å². The van der Waals surface area contributed by atoms with E-state index in [4.69, 9.17) is 4.98 Å². The quantitative estimate of drug-likeness (QED) is 0.327. The highest BCUT2D eigenvalue weighted by Gasteiger charge is 2.21. The summed E-state index contributed by atoms with van der Waals surface area (Å²) in [7, 11) is -1.54. The predicted octanol–water partition coefficient (Wildman–Crippen LogP) is 4.68. The molecule has 0 aliphatic rings. The highest BCUT2D eigenvalue weighted by molar-refractivity contribution is 6.58.